The van der Waals surface area contributed by atoms with E-state index in [0.29, 0.717) is 11.8 Å². The molecule has 0 amide bonds. The summed E-state index contributed by atoms with van der Waals surface area (Å²) in [5, 5.41) is 6.92. The molecule has 0 aliphatic carbocycles. The highest BCUT2D eigenvalue weighted by atomic mass is 15.1. The Morgan fingerprint density at radius 1 is 1.24 bits per heavy atom. The number of pyridine rings is 1. The van der Waals surface area contributed by atoms with Crippen LogP contribution in [0.2, 0.25) is 0 Å². The van der Waals surface area contributed by atoms with Gasteiger partial charge in [-0.1, -0.05) is 26.8 Å². The summed E-state index contributed by atoms with van der Waals surface area (Å²) in [5.41, 5.74) is 3.12. The van der Waals surface area contributed by atoms with Crippen molar-refractivity contribution >= 4 is 0 Å². The second-order valence-electron chi connectivity index (χ2n) is 4.68. The van der Waals surface area contributed by atoms with Crippen LogP contribution in [0.25, 0.3) is 11.4 Å². The van der Waals surface area contributed by atoms with Gasteiger partial charge in [0.05, 0.1) is 11.4 Å². The molecule has 2 heterocycles. The van der Waals surface area contributed by atoms with Crippen LogP contribution < -0.4 is 0 Å². The number of aromatic nitrogens is 3. The van der Waals surface area contributed by atoms with E-state index >= 15 is 0 Å². The molecule has 0 unspecified atom stereocenters. The maximum absolute atomic E-state index is 4.74. The van der Waals surface area contributed by atoms with Crippen LogP contribution in [0.3, 0.4) is 0 Å². The van der Waals surface area contributed by atoms with Crippen molar-refractivity contribution in [3.63, 3.8) is 0 Å². The van der Waals surface area contributed by atoms with Gasteiger partial charge in [-0.05, 0) is 30.5 Å². The van der Waals surface area contributed by atoms with E-state index in [2.05, 4.69) is 43.1 Å². The van der Waals surface area contributed by atoms with Crippen LogP contribution in [0, 0.1) is 5.92 Å². The third-order valence-electron chi connectivity index (χ3n) is 3.17. The van der Waals surface area contributed by atoms with Gasteiger partial charge in [0.15, 0.2) is 0 Å². The quantitative estimate of drug-likeness (QED) is 0.870. The first-order valence-corrected chi connectivity index (χ1v) is 6.19. The molecular weight excluding hydrogens is 210 g/mol. The number of aromatic amines is 1. The van der Waals surface area contributed by atoms with Crippen molar-refractivity contribution in [1.82, 2.24) is 15.2 Å². The first-order chi connectivity index (χ1) is 8.22. The fraction of sp³-hybridized carbons (Fsp3) is 0.429. The SMILES string of the molecule is CC[C@H](c1cccc(-c2ccn[nH]2)n1)C(C)C. The average molecular weight is 229 g/mol. The van der Waals surface area contributed by atoms with Gasteiger partial charge in [0.2, 0.25) is 0 Å². The molecule has 1 N–H and O–H groups in total. The Bertz CT molecular complexity index is 460. The molecule has 0 radical (unpaired) electrons. The van der Waals surface area contributed by atoms with Gasteiger partial charge in [-0.2, -0.15) is 5.10 Å². The average Bonchev–Trinajstić information content (AvgIpc) is 2.83. The zero-order valence-electron chi connectivity index (χ0n) is 10.6. The topological polar surface area (TPSA) is 41.6 Å². The number of nitrogens with zero attached hydrogens (tertiary/aromatic N) is 2. The predicted octanol–water partition coefficient (Wildman–Crippen LogP) is 3.62. The molecule has 0 saturated heterocycles. The van der Waals surface area contributed by atoms with E-state index in [9.17, 15) is 0 Å². The fourth-order valence-electron chi connectivity index (χ4n) is 2.23. The van der Waals surface area contributed by atoms with Gasteiger partial charge < -0.3 is 0 Å². The van der Waals surface area contributed by atoms with Crippen molar-refractivity contribution < 1.29 is 0 Å². The predicted molar refractivity (Wildman–Crippen MR) is 69.7 cm³/mol. The van der Waals surface area contributed by atoms with Gasteiger partial charge in [0.1, 0.15) is 0 Å². The normalized spacial score (nSPS) is 12.9. The monoisotopic (exact) mass is 229 g/mol. The summed E-state index contributed by atoms with van der Waals surface area (Å²) in [6.45, 7) is 6.71. The number of hydrogen-bond donors (Lipinski definition) is 1. The Kier molecular flexibility index (Phi) is 3.57. The fourth-order valence-corrected chi connectivity index (χ4v) is 2.23. The summed E-state index contributed by atoms with van der Waals surface area (Å²) in [4.78, 5) is 4.74. The summed E-state index contributed by atoms with van der Waals surface area (Å²) in [7, 11) is 0. The van der Waals surface area contributed by atoms with Crippen LogP contribution in [0.5, 0.6) is 0 Å². The minimum atomic E-state index is 0.526. The maximum atomic E-state index is 4.74. The van der Waals surface area contributed by atoms with Crippen molar-refractivity contribution in [2.75, 3.05) is 0 Å². The highest BCUT2D eigenvalue weighted by Gasteiger charge is 2.15. The van der Waals surface area contributed by atoms with Gasteiger partial charge in [-0.25, -0.2) is 0 Å². The summed E-state index contributed by atoms with van der Waals surface area (Å²) in [6.07, 6.45) is 2.88. The highest BCUT2D eigenvalue weighted by molar-refractivity contribution is 5.53. The molecular formula is C14H19N3. The highest BCUT2D eigenvalue weighted by Crippen LogP contribution is 2.27. The molecule has 2 rings (SSSR count). The first kappa shape index (κ1) is 11.8. The standard InChI is InChI=1S/C14H19N3/c1-4-11(10(2)3)12-6-5-7-13(16-12)14-8-9-15-17-14/h5-11H,4H2,1-3H3,(H,15,17)/t11-/m0/s1. The minimum Gasteiger partial charge on any atom is -0.276 e. The van der Waals surface area contributed by atoms with E-state index in [-0.39, 0.29) is 0 Å². The molecule has 3 heteroatoms. The van der Waals surface area contributed by atoms with Crippen molar-refractivity contribution in [2.45, 2.75) is 33.1 Å². The van der Waals surface area contributed by atoms with Crippen LogP contribution in [-0.4, -0.2) is 15.2 Å². The van der Waals surface area contributed by atoms with E-state index in [0.717, 1.165) is 17.8 Å². The van der Waals surface area contributed by atoms with Gasteiger partial charge >= 0.3 is 0 Å². The molecule has 1 atom stereocenters. The Morgan fingerprint density at radius 2 is 2.06 bits per heavy atom. The van der Waals surface area contributed by atoms with Crippen LogP contribution >= 0.6 is 0 Å². The lowest BCUT2D eigenvalue weighted by Gasteiger charge is -2.18. The number of rotatable bonds is 4. The van der Waals surface area contributed by atoms with E-state index in [1.54, 1.807) is 6.20 Å². The molecule has 0 bridgehead atoms. The third kappa shape index (κ3) is 2.54. The molecule has 0 spiro atoms. The lowest BCUT2D eigenvalue weighted by Crippen LogP contribution is -2.07. The molecule has 0 aromatic carbocycles. The lowest BCUT2D eigenvalue weighted by atomic mass is 9.89. The van der Waals surface area contributed by atoms with Crippen LogP contribution in [-0.2, 0) is 0 Å². The summed E-state index contributed by atoms with van der Waals surface area (Å²) < 4.78 is 0. The third-order valence-corrected chi connectivity index (χ3v) is 3.17. The Hall–Kier alpha value is -1.64. The zero-order valence-corrected chi connectivity index (χ0v) is 10.6. The number of hydrogen-bond acceptors (Lipinski definition) is 2. The molecule has 0 saturated carbocycles. The van der Waals surface area contributed by atoms with Crippen LogP contribution in [0.4, 0.5) is 0 Å². The first-order valence-electron chi connectivity index (χ1n) is 6.19. The van der Waals surface area contributed by atoms with Crippen molar-refractivity contribution in [2.24, 2.45) is 5.92 Å². The van der Waals surface area contributed by atoms with Crippen LogP contribution in [0.1, 0.15) is 38.8 Å². The second-order valence-corrected chi connectivity index (χ2v) is 4.68. The second kappa shape index (κ2) is 5.13. The largest absolute Gasteiger partial charge is 0.276 e. The Morgan fingerprint density at radius 3 is 2.65 bits per heavy atom. The van der Waals surface area contributed by atoms with Crippen molar-refractivity contribution in [1.29, 1.82) is 0 Å². The maximum Gasteiger partial charge on any atom is 0.0883 e. The van der Waals surface area contributed by atoms with Gasteiger partial charge in [0.25, 0.3) is 0 Å². The molecule has 17 heavy (non-hydrogen) atoms. The minimum absolute atomic E-state index is 0.526. The summed E-state index contributed by atoms with van der Waals surface area (Å²) in [6, 6.07) is 8.16. The molecule has 3 nitrogen and oxygen atoms in total. The number of nitrogens with one attached hydrogen (secondary N) is 1. The van der Waals surface area contributed by atoms with Crippen LogP contribution in [0.15, 0.2) is 30.5 Å². The van der Waals surface area contributed by atoms with Gasteiger partial charge in [0, 0.05) is 17.8 Å². The molecule has 2 aromatic heterocycles. The molecule has 2 aromatic rings. The molecule has 90 valence electrons. The zero-order chi connectivity index (χ0) is 12.3. The molecule has 0 aliphatic heterocycles. The Labute approximate surface area is 102 Å². The van der Waals surface area contributed by atoms with Gasteiger partial charge in [-0.3, -0.25) is 10.1 Å². The van der Waals surface area contributed by atoms with Gasteiger partial charge in [-0.15, -0.1) is 0 Å². The van der Waals surface area contributed by atoms with E-state index < -0.39 is 0 Å². The summed E-state index contributed by atoms with van der Waals surface area (Å²) in [5.74, 6) is 1.14. The number of H-pyrrole nitrogens is 1. The van der Waals surface area contributed by atoms with E-state index in [1.807, 2.05) is 12.1 Å². The smallest absolute Gasteiger partial charge is 0.0883 e. The van der Waals surface area contributed by atoms with Crippen molar-refractivity contribution in [3.05, 3.63) is 36.2 Å². The van der Waals surface area contributed by atoms with E-state index in [1.165, 1.54) is 5.69 Å². The molecule has 0 aliphatic rings. The lowest BCUT2D eigenvalue weighted by molar-refractivity contribution is 0.475. The Balaban J connectivity index is 2.34. The van der Waals surface area contributed by atoms with Crippen molar-refractivity contribution in [3.8, 4) is 11.4 Å². The van der Waals surface area contributed by atoms with E-state index in [4.69, 9.17) is 4.98 Å². The molecule has 0 fully saturated rings. The summed E-state index contributed by atoms with van der Waals surface area (Å²) >= 11 is 0.